The van der Waals surface area contributed by atoms with Crippen LogP contribution in [-0.2, 0) is 6.54 Å². The van der Waals surface area contributed by atoms with Crippen molar-refractivity contribution < 1.29 is 0 Å². The van der Waals surface area contributed by atoms with Gasteiger partial charge < -0.3 is 10.6 Å². The average molecular weight is 234 g/mol. The van der Waals surface area contributed by atoms with Crippen LogP contribution in [0.15, 0.2) is 29.1 Å². The highest BCUT2D eigenvalue weighted by molar-refractivity contribution is 7.07. The average Bonchev–Trinajstić information content (AvgIpc) is 2.80. The lowest BCUT2D eigenvalue weighted by molar-refractivity contribution is 1.06. The van der Waals surface area contributed by atoms with Crippen molar-refractivity contribution in [2.45, 2.75) is 13.5 Å². The monoisotopic (exact) mass is 234 g/mol. The van der Waals surface area contributed by atoms with Crippen molar-refractivity contribution in [2.75, 3.05) is 17.2 Å². The molecule has 0 radical (unpaired) electrons. The molecule has 0 aromatic carbocycles. The summed E-state index contributed by atoms with van der Waals surface area (Å²) >= 11 is 1.70. The molecule has 0 unspecified atom stereocenters. The normalized spacial score (nSPS) is 10.1. The molecule has 0 aliphatic heterocycles. The summed E-state index contributed by atoms with van der Waals surface area (Å²) < 4.78 is 0. The second-order valence-electron chi connectivity index (χ2n) is 3.28. The van der Waals surface area contributed by atoms with E-state index < -0.39 is 0 Å². The standard InChI is InChI=1S/C11H14N4S/c1-2-12-11-13-5-3-10(15-11)14-7-9-4-6-16-8-9/h3-6,8H,2,7H2,1H3,(H2,12,13,14,15). The van der Waals surface area contributed by atoms with Crippen LogP contribution in [0.4, 0.5) is 11.8 Å². The van der Waals surface area contributed by atoms with Crippen molar-refractivity contribution in [1.29, 1.82) is 0 Å². The number of anilines is 2. The number of hydrogen-bond donors (Lipinski definition) is 2. The van der Waals surface area contributed by atoms with Gasteiger partial charge in [-0.15, -0.1) is 0 Å². The molecule has 0 bridgehead atoms. The molecule has 0 saturated carbocycles. The van der Waals surface area contributed by atoms with Gasteiger partial charge in [-0.1, -0.05) is 0 Å². The molecule has 0 aliphatic rings. The van der Waals surface area contributed by atoms with Gasteiger partial charge in [0.05, 0.1) is 0 Å². The van der Waals surface area contributed by atoms with Crippen LogP contribution < -0.4 is 10.6 Å². The Bertz CT molecular complexity index is 427. The van der Waals surface area contributed by atoms with Crippen LogP contribution in [-0.4, -0.2) is 16.5 Å². The predicted molar refractivity (Wildman–Crippen MR) is 67.8 cm³/mol. The van der Waals surface area contributed by atoms with E-state index in [4.69, 9.17) is 0 Å². The van der Waals surface area contributed by atoms with Crippen molar-refractivity contribution in [3.05, 3.63) is 34.7 Å². The molecule has 0 atom stereocenters. The SMILES string of the molecule is CCNc1nccc(NCc2ccsc2)n1. The quantitative estimate of drug-likeness (QED) is 0.835. The summed E-state index contributed by atoms with van der Waals surface area (Å²) in [5, 5.41) is 10.5. The highest BCUT2D eigenvalue weighted by Crippen LogP contribution is 2.10. The lowest BCUT2D eigenvalue weighted by Gasteiger charge is -2.06. The zero-order valence-electron chi connectivity index (χ0n) is 9.10. The van der Waals surface area contributed by atoms with Crippen LogP contribution in [0, 0.1) is 0 Å². The van der Waals surface area contributed by atoms with Gasteiger partial charge in [-0.05, 0) is 35.4 Å². The van der Waals surface area contributed by atoms with Crippen LogP contribution in [0.5, 0.6) is 0 Å². The van der Waals surface area contributed by atoms with Gasteiger partial charge >= 0.3 is 0 Å². The maximum Gasteiger partial charge on any atom is 0.224 e. The number of rotatable bonds is 5. The van der Waals surface area contributed by atoms with Gasteiger partial charge in [-0.2, -0.15) is 16.3 Å². The van der Waals surface area contributed by atoms with Crippen LogP contribution in [0.1, 0.15) is 12.5 Å². The molecule has 2 rings (SSSR count). The molecule has 2 aromatic rings. The Labute approximate surface area is 98.8 Å². The highest BCUT2D eigenvalue weighted by atomic mass is 32.1. The van der Waals surface area contributed by atoms with E-state index in [1.54, 1.807) is 17.5 Å². The molecule has 84 valence electrons. The maximum atomic E-state index is 4.33. The predicted octanol–water partition coefficient (Wildman–Crippen LogP) is 2.58. The fraction of sp³-hybridized carbons (Fsp3) is 0.273. The van der Waals surface area contributed by atoms with Gasteiger partial charge in [0.1, 0.15) is 5.82 Å². The van der Waals surface area contributed by atoms with Crippen molar-refractivity contribution in [1.82, 2.24) is 9.97 Å². The van der Waals surface area contributed by atoms with E-state index in [-0.39, 0.29) is 0 Å². The lowest BCUT2D eigenvalue weighted by atomic mass is 10.3. The minimum Gasteiger partial charge on any atom is -0.366 e. The molecule has 0 aliphatic carbocycles. The van der Waals surface area contributed by atoms with E-state index >= 15 is 0 Å². The van der Waals surface area contributed by atoms with Crippen LogP contribution >= 0.6 is 11.3 Å². The molecule has 2 N–H and O–H groups in total. The van der Waals surface area contributed by atoms with Gasteiger partial charge in [0.2, 0.25) is 5.95 Å². The molecule has 16 heavy (non-hydrogen) atoms. The van der Waals surface area contributed by atoms with Gasteiger partial charge in [-0.25, -0.2) is 4.98 Å². The van der Waals surface area contributed by atoms with Gasteiger partial charge in [0, 0.05) is 19.3 Å². The molecule has 2 aromatic heterocycles. The number of thiophene rings is 1. The summed E-state index contributed by atoms with van der Waals surface area (Å²) in [5.41, 5.74) is 1.27. The van der Waals surface area contributed by atoms with E-state index in [0.717, 1.165) is 18.9 Å². The number of hydrogen-bond acceptors (Lipinski definition) is 5. The Hall–Kier alpha value is -1.62. The van der Waals surface area contributed by atoms with E-state index in [9.17, 15) is 0 Å². The third kappa shape index (κ3) is 2.93. The summed E-state index contributed by atoms with van der Waals surface area (Å²) in [6.07, 6.45) is 1.75. The summed E-state index contributed by atoms with van der Waals surface area (Å²) in [6, 6.07) is 3.97. The Morgan fingerprint density at radius 3 is 3.00 bits per heavy atom. The fourth-order valence-electron chi connectivity index (χ4n) is 1.29. The lowest BCUT2D eigenvalue weighted by Crippen LogP contribution is -2.05. The first kappa shape index (κ1) is 10.9. The van der Waals surface area contributed by atoms with Crippen LogP contribution in [0.3, 0.4) is 0 Å². The van der Waals surface area contributed by atoms with Crippen molar-refractivity contribution in [3.63, 3.8) is 0 Å². The summed E-state index contributed by atoms with van der Waals surface area (Å²) in [6.45, 7) is 3.65. The Kier molecular flexibility index (Phi) is 3.71. The molecule has 0 spiro atoms. The van der Waals surface area contributed by atoms with Crippen LogP contribution in [0.2, 0.25) is 0 Å². The third-order valence-corrected chi connectivity index (χ3v) is 2.78. The van der Waals surface area contributed by atoms with Crippen LogP contribution in [0.25, 0.3) is 0 Å². The Balaban J connectivity index is 1.96. The number of nitrogens with zero attached hydrogens (tertiary/aromatic N) is 2. The van der Waals surface area contributed by atoms with E-state index in [2.05, 4.69) is 37.4 Å². The first-order valence-electron chi connectivity index (χ1n) is 5.20. The Morgan fingerprint density at radius 1 is 1.31 bits per heavy atom. The van der Waals surface area contributed by atoms with Gasteiger partial charge in [-0.3, -0.25) is 0 Å². The second-order valence-corrected chi connectivity index (χ2v) is 4.06. The smallest absolute Gasteiger partial charge is 0.224 e. The molecular formula is C11H14N4S. The highest BCUT2D eigenvalue weighted by Gasteiger charge is 1.98. The molecule has 0 fully saturated rings. The minimum atomic E-state index is 0.665. The first-order chi connectivity index (χ1) is 7.88. The third-order valence-electron chi connectivity index (χ3n) is 2.04. The summed E-state index contributed by atoms with van der Waals surface area (Å²) in [4.78, 5) is 8.45. The molecule has 5 heteroatoms. The fourth-order valence-corrected chi connectivity index (χ4v) is 1.95. The van der Waals surface area contributed by atoms with Crippen molar-refractivity contribution >= 4 is 23.1 Å². The maximum absolute atomic E-state index is 4.33. The van der Waals surface area contributed by atoms with Crippen molar-refractivity contribution in [3.8, 4) is 0 Å². The Morgan fingerprint density at radius 2 is 2.25 bits per heavy atom. The van der Waals surface area contributed by atoms with E-state index in [1.165, 1.54) is 5.56 Å². The van der Waals surface area contributed by atoms with Gasteiger partial charge in [0.15, 0.2) is 0 Å². The molecule has 0 saturated heterocycles. The first-order valence-corrected chi connectivity index (χ1v) is 6.14. The molecule has 4 nitrogen and oxygen atoms in total. The van der Waals surface area contributed by atoms with E-state index in [1.807, 2.05) is 13.0 Å². The summed E-state index contributed by atoms with van der Waals surface area (Å²) in [7, 11) is 0. The molecule has 2 heterocycles. The number of aromatic nitrogens is 2. The summed E-state index contributed by atoms with van der Waals surface area (Å²) in [5.74, 6) is 1.51. The second kappa shape index (κ2) is 5.46. The minimum absolute atomic E-state index is 0.665. The van der Waals surface area contributed by atoms with E-state index in [0.29, 0.717) is 5.95 Å². The van der Waals surface area contributed by atoms with Gasteiger partial charge in [0.25, 0.3) is 0 Å². The topological polar surface area (TPSA) is 49.8 Å². The largest absolute Gasteiger partial charge is 0.366 e. The zero-order valence-corrected chi connectivity index (χ0v) is 9.92. The number of nitrogens with one attached hydrogen (secondary N) is 2. The molecule has 0 amide bonds. The molecular weight excluding hydrogens is 220 g/mol. The zero-order chi connectivity index (χ0) is 11.2. The van der Waals surface area contributed by atoms with Crippen molar-refractivity contribution in [2.24, 2.45) is 0 Å².